The molecule has 1 aliphatic rings. The minimum atomic E-state index is -0.466. The Bertz CT molecular complexity index is 573. The molecule has 1 aromatic rings. The molecule has 1 aliphatic heterocycles. The summed E-state index contributed by atoms with van der Waals surface area (Å²) in [6.07, 6.45) is 1.49. The fourth-order valence-electron chi connectivity index (χ4n) is 3.46. The first-order valence-electron chi connectivity index (χ1n) is 8.99. The zero-order chi connectivity index (χ0) is 17.7. The molecule has 0 radical (unpaired) electrons. The van der Waals surface area contributed by atoms with Crippen molar-refractivity contribution in [2.75, 3.05) is 36.9 Å². The first kappa shape index (κ1) is 18.6. The quantitative estimate of drug-likeness (QED) is 0.624. The summed E-state index contributed by atoms with van der Waals surface area (Å²) in [5.41, 5.74) is 8.86. The van der Waals surface area contributed by atoms with Crippen LogP contribution in [0.4, 0.5) is 11.4 Å². The van der Waals surface area contributed by atoms with Crippen molar-refractivity contribution in [2.24, 2.45) is 11.8 Å². The van der Waals surface area contributed by atoms with E-state index in [-0.39, 0.29) is 0 Å². The van der Waals surface area contributed by atoms with Gasteiger partial charge in [0, 0.05) is 18.7 Å². The number of nitrogen functional groups attached to an aromatic ring is 1. The van der Waals surface area contributed by atoms with Gasteiger partial charge in [-0.15, -0.1) is 0 Å². The summed E-state index contributed by atoms with van der Waals surface area (Å²) in [6, 6.07) is 6.23. The lowest BCUT2D eigenvalue weighted by Gasteiger charge is -2.31. The van der Waals surface area contributed by atoms with Crippen LogP contribution in [0.5, 0.6) is 0 Å². The topological polar surface area (TPSA) is 42.8 Å². The minimum Gasteiger partial charge on any atom is -0.397 e. The Morgan fingerprint density at radius 2 is 1.75 bits per heavy atom. The van der Waals surface area contributed by atoms with Gasteiger partial charge in [-0.25, -0.2) is 6.57 Å². The summed E-state index contributed by atoms with van der Waals surface area (Å²) in [5.74, 6) is 1.15. The van der Waals surface area contributed by atoms with Gasteiger partial charge < -0.3 is 20.2 Å². The van der Waals surface area contributed by atoms with Crippen LogP contribution in [0.3, 0.4) is 0 Å². The number of nitrogens with zero attached hydrogens (tertiary/aromatic N) is 2. The van der Waals surface area contributed by atoms with E-state index < -0.39 is 5.54 Å². The van der Waals surface area contributed by atoms with Gasteiger partial charge in [-0.2, -0.15) is 0 Å². The molecule has 4 heteroatoms. The Morgan fingerprint density at radius 3 is 2.21 bits per heavy atom. The summed E-state index contributed by atoms with van der Waals surface area (Å²) < 4.78 is 5.44. The number of hydrogen-bond donors (Lipinski definition) is 1. The average Bonchev–Trinajstić information content (AvgIpc) is 2.54. The fraction of sp³-hybridized carbons (Fsp3) is 0.650. The van der Waals surface area contributed by atoms with Crippen molar-refractivity contribution < 1.29 is 4.74 Å². The molecule has 4 nitrogen and oxygen atoms in total. The predicted molar refractivity (Wildman–Crippen MR) is 101 cm³/mol. The van der Waals surface area contributed by atoms with E-state index >= 15 is 0 Å². The van der Waals surface area contributed by atoms with Crippen LogP contribution >= 0.6 is 0 Å². The van der Waals surface area contributed by atoms with Gasteiger partial charge in [0.2, 0.25) is 0 Å². The molecule has 24 heavy (non-hydrogen) atoms. The summed E-state index contributed by atoms with van der Waals surface area (Å²) in [6.45, 7) is 19.9. The standard InChI is InChI=1S/C20H31N3O/c1-15(2)13-23(14-16(3)4)19-7-6-17(12-18(19)21)20(22-5)8-10-24-11-9-20/h6-7,12,15-16H,8-11,13-14,21H2,1-4H3. The van der Waals surface area contributed by atoms with Crippen LogP contribution in [-0.4, -0.2) is 26.3 Å². The molecule has 2 rings (SSSR count). The highest BCUT2D eigenvalue weighted by Gasteiger charge is 2.41. The van der Waals surface area contributed by atoms with Gasteiger partial charge in [0.1, 0.15) is 0 Å². The van der Waals surface area contributed by atoms with Crippen LogP contribution in [0, 0.1) is 18.4 Å². The summed E-state index contributed by atoms with van der Waals surface area (Å²) in [4.78, 5) is 6.34. The van der Waals surface area contributed by atoms with Crippen molar-refractivity contribution in [3.63, 3.8) is 0 Å². The second-order valence-electron chi connectivity index (χ2n) is 7.72. The fourth-order valence-corrected chi connectivity index (χ4v) is 3.46. The van der Waals surface area contributed by atoms with Crippen molar-refractivity contribution in [2.45, 2.75) is 46.1 Å². The van der Waals surface area contributed by atoms with Crippen molar-refractivity contribution in [1.29, 1.82) is 0 Å². The maximum atomic E-state index is 7.69. The first-order valence-corrected chi connectivity index (χ1v) is 8.99. The van der Waals surface area contributed by atoms with Crippen LogP contribution in [0.15, 0.2) is 18.2 Å². The molecule has 0 atom stereocenters. The van der Waals surface area contributed by atoms with Crippen molar-refractivity contribution >= 4 is 11.4 Å². The summed E-state index contributed by atoms with van der Waals surface area (Å²) in [7, 11) is 0. The number of nitrogens with two attached hydrogens (primary N) is 1. The average molecular weight is 329 g/mol. The van der Waals surface area contributed by atoms with Crippen LogP contribution in [-0.2, 0) is 10.3 Å². The molecule has 0 amide bonds. The van der Waals surface area contributed by atoms with Crippen molar-refractivity contribution in [3.8, 4) is 0 Å². The second kappa shape index (κ2) is 7.90. The smallest absolute Gasteiger partial charge is 0.262 e. The largest absolute Gasteiger partial charge is 0.397 e. The van der Waals surface area contributed by atoms with Gasteiger partial charge >= 0.3 is 0 Å². The highest BCUT2D eigenvalue weighted by molar-refractivity contribution is 5.69. The second-order valence-corrected chi connectivity index (χ2v) is 7.72. The lowest BCUT2D eigenvalue weighted by Crippen LogP contribution is -2.33. The summed E-state index contributed by atoms with van der Waals surface area (Å²) >= 11 is 0. The van der Waals surface area contributed by atoms with E-state index in [2.05, 4.69) is 49.6 Å². The third kappa shape index (κ3) is 4.21. The first-order chi connectivity index (χ1) is 11.4. The Kier molecular flexibility index (Phi) is 6.12. The van der Waals surface area contributed by atoms with E-state index in [1.807, 2.05) is 6.07 Å². The van der Waals surface area contributed by atoms with Crippen LogP contribution in [0.2, 0.25) is 0 Å². The third-order valence-corrected chi connectivity index (χ3v) is 4.61. The molecule has 1 fully saturated rings. The van der Waals surface area contributed by atoms with Gasteiger partial charge in [0.25, 0.3) is 5.54 Å². The number of benzene rings is 1. The van der Waals surface area contributed by atoms with E-state index in [1.165, 1.54) is 0 Å². The lowest BCUT2D eigenvalue weighted by atomic mass is 9.83. The third-order valence-electron chi connectivity index (χ3n) is 4.61. The Balaban J connectivity index is 2.32. The predicted octanol–water partition coefficient (Wildman–Crippen LogP) is 4.31. The molecule has 0 unspecified atom stereocenters. The van der Waals surface area contributed by atoms with Gasteiger partial charge in [-0.3, -0.25) is 0 Å². The number of hydrogen-bond acceptors (Lipinski definition) is 3. The molecule has 0 saturated carbocycles. The number of ether oxygens (including phenoxy) is 1. The molecule has 1 heterocycles. The van der Waals surface area contributed by atoms with Crippen molar-refractivity contribution in [1.82, 2.24) is 0 Å². The SMILES string of the molecule is [C-]#[N+]C1(c2ccc(N(CC(C)C)CC(C)C)c(N)c2)CCOCC1. The monoisotopic (exact) mass is 329 g/mol. The highest BCUT2D eigenvalue weighted by atomic mass is 16.5. The molecule has 2 N–H and O–H groups in total. The van der Waals surface area contributed by atoms with Gasteiger partial charge in [-0.05, 0) is 30.0 Å². The number of anilines is 2. The van der Waals surface area contributed by atoms with Crippen molar-refractivity contribution in [3.05, 3.63) is 35.2 Å². The zero-order valence-electron chi connectivity index (χ0n) is 15.5. The van der Waals surface area contributed by atoms with Gasteiger partial charge in [-0.1, -0.05) is 27.7 Å². The molecule has 0 bridgehead atoms. The zero-order valence-corrected chi connectivity index (χ0v) is 15.5. The van der Waals surface area contributed by atoms with Crippen LogP contribution in [0.1, 0.15) is 46.1 Å². The molecule has 0 spiro atoms. The minimum absolute atomic E-state index is 0.466. The van der Waals surface area contributed by atoms with E-state index in [9.17, 15) is 0 Å². The maximum Gasteiger partial charge on any atom is 0.262 e. The van der Waals surface area contributed by atoms with Gasteiger partial charge in [0.15, 0.2) is 0 Å². The summed E-state index contributed by atoms with van der Waals surface area (Å²) in [5, 5.41) is 0. The molecular weight excluding hydrogens is 298 g/mol. The van der Waals surface area contributed by atoms with E-state index in [0.717, 1.165) is 42.9 Å². The molecular formula is C20H31N3O. The van der Waals surface area contributed by atoms with E-state index in [0.29, 0.717) is 25.0 Å². The maximum absolute atomic E-state index is 7.69. The molecule has 0 aromatic heterocycles. The molecule has 1 aromatic carbocycles. The molecule has 132 valence electrons. The normalized spacial score (nSPS) is 17.0. The van der Waals surface area contributed by atoms with Crippen LogP contribution in [0.25, 0.3) is 4.85 Å². The number of rotatable bonds is 6. The molecule has 0 aliphatic carbocycles. The Morgan fingerprint density at radius 1 is 1.17 bits per heavy atom. The Labute approximate surface area is 146 Å². The highest BCUT2D eigenvalue weighted by Crippen LogP contribution is 2.39. The van der Waals surface area contributed by atoms with Crippen LogP contribution < -0.4 is 10.6 Å². The van der Waals surface area contributed by atoms with Gasteiger partial charge in [0.05, 0.1) is 37.4 Å². The lowest BCUT2D eigenvalue weighted by molar-refractivity contribution is 0.0646. The van der Waals surface area contributed by atoms with E-state index in [1.54, 1.807) is 0 Å². The molecule has 1 saturated heterocycles. The Hall–Kier alpha value is -1.73. The van der Waals surface area contributed by atoms with E-state index in [4.69, 9.17) is 17.0 Å².